The van der Waals surface area contributed by atoms with Crippen LogP contribution in [0.4, 0.5) is 5.82 Å². The fraction of sp³-hybridized carbons (Fsp3) is 0.261. The van der Waals surface area contributed by atoms with Gasteiger partial charge in [-0.25, -0.2) is 4.79 Å². The number of nitrogens with one attached hydrogen (secondary N) is 1. The van der Waals surface area contributed by atoms with Crippen LogP contribution in [0.3, 0.4) is 0 Å². The van der Waals surface area contributed by atoms with Crippen LogP contribution >= 0.6 is 0 Å². The minimum atomic E-state index is -0.613. The minimum absolute atomic E-state index is 0.332. The number of furan rings is 1. The highest BCUT2D eigenvalue weighted by Gasteiger charge is 2.21. The van der Waals surface area contributed by atoms with Gasteiger partial charge in [0, 0.05) is 12.8 Å². The molecule has 3 rings (SSSR count). The third-order valence-corrected chi connectivity index (χ3v) is 4.93. The summed E-state index contributed by atoms with van der Waals surface area (Å²) < 4.78 is 17.3. The Morgan fingerprint density at radius 1 is 1.19 bits per heavy atom. The fourth-order valence-corrected chi connectivity index (χ4v) is 3.17. The van der Waals surface area contributed by atoms with Gasteiger partial charge in [0.2, 0.25) is 0 Å². The van der Waals surface area contributed by atoms with Crippen LogP contribution in [-0.4, -0.2) is 30.2 Å². The molecule has 0 aliphatic carbocycles. The maximum Gasteiger partial charge on any atom is 0.338 e. The molecule has 31 heavy (non-hydrogen) atoms. The van der Waals surface area contributed by atoms with Crippen LogP contribution in [0, 0.1) is 25.2 Å². The lowest BCUT2D eigenvalue weighted by atomic mass is 10.1. The molecule has 160 valence electrons. The van der Waals surface area contributed by atoms with Crippen molar-refractivity contribution < 1.29 is 23.5 Å². The molecule has 0 aliphatic rings. The van der Waals surface area contributed by atoms with E-state index in [2.05, 4.69) is 11.4 Å². The van der Waals surface area contributed by atoms with Gasteiger partial charge in [-0.3, -0.25) is 4.79 Å². The molecule has 0 bridgehead atoms. The molecule has 3 aromatic rings. The number of anilines is 1. The molecular weight excluding hydrogens is 398 g/mol. The number of nitriles is 1. The molecule has 1 aromatic carbocycles. The molecule has 0 fully saturated rings. The number of amides is 1. The van der Waals surface area contributed by atoms with Gasteiger partial charge < -0.3 is 23.8 Å². The van der Waals surface area contributed by atoms with Crippen molar-refractivity contribution in [2.45, 2.75) is 27.0 Å². The first kappa shape index (κ1) is 21.9. The minimum Gasteiger partial charge on any atom is -0.467 e. The number of hydrogen-bond acceptors (Lipinski definition) is 6. The van der Waals surface area contributed by atoms with E-state index in [1.165, 1.54) is 0 Å². The van der Waals surface area contributed by atoms with Crippen molar-refractivity contribution in [3.05, 3.63) is 76.4 Å². The number of hydrogen-bond donors (Lipinski definition) is 1. The Hall–Kier alpha value is -3.83. The van der Waals surface area contributed by atoms with Crippen molar-refractivity contribution >= 4 is 17.7 Å². The second kappa shape index (κ2) is 9.78. The first-order valence-corrected chi connectivity index (χ1v) is 9.61. The molecule has 2 aromatic heterocycles. The van der Waals surface area contributed by atoms with Crippen molar-refractivity contribution in [2.24, 2.45) is 0 Å². The van der Waals surface area contributed by atoms with Gasteiger partial charge in [0.05, 0.1) is 30.5 Å². The van der Waals surface area contributed by atoms with Crippen molar-refractivity contribution in [1.82, 2.24) is 4.57 Å². The number of esters is 1. The van der Waals surface area contributed by atoms with E-state index >= 15 is 0 Å². The highest BCUT2D eigenvalue weighted by atomic mass is 16.5. The lowest BCUT2D eigenvalue weighted by molar-refractivity contribution is -0.119. The van der Waals surface area contributed by atoms with Crippen LogP contribution < -0.4 is 5.32 Å². The van der Waals surface area contributed by atoms with Crippen LogP contribution in [0.15, 0.2) is 47.1 Å². The summed E-state index contributed by atoms with van der Waals surface area (Å²) in [5.41, 5.74) is 3.20. The quantitative estimate of drug-likeness (QED) is 0.558. The molecule has 8 nitrogen and oxygen atoms in total. The summed E-state index contributed by atoms with van der Waals surface area (Å²) in [4.78, 5) is 24.7. The third kappa shape index (κ3) is 5.02. The van der Waals surface area contributed by atoms with Crippen LogP contribution in [-0.2, 0) is 27.4 Å². The third-order valence-electron chi connectivity index (χ3n) is 4.93. The summed E-state index contributed by atoms with van der Waals surface area (Å²) in [7, 11) is 1.59. The summed E-state index contributed by atoms with van der Waals surface area (Å²) in [6, 6.07) is 12.5. The average Bonchev–Trinajstić information content (AvgIpc) is 3.36. The molecule has 1 amide bonds. The smallest absolute Gasteiger partial charge is 0.338 e. The van der Waals surface area contributed by atoms with Crippen LogP contribution in [0.2, 0.25) is 0 Å². The molecule has 0 aliphatic heterocycles. The highest BCUT2D eigenvalue weighted by Crippen LogP contribution is 2.27. The van der Waals surface area contributed by atoms with Gasteiger partial charge in [-0.2, -0.15) is 5.26 Å². The predicted molar refractivity (Wildman–Crippen MR) is 112 cm³/mol. The van der Waals surface area contributed by atoms with Gasteiger partial charge in [0.15, 0.2) is 6.61 Å². The Kier molecular flexibility index (Phi) is 6.90. The van der Waals surface area contributed by atoms with Crippen LogP contribution in [0.1, 0.15) is 38.5 Å². The number of rotatable bonds is 8. The van der Waals surface area contributed by atoms with Gasteiger partial charge in [-0.1, -0.05) is 12.1 Å². The zero-order valence-electron chi connectivity index (χ0n) is 17.6. The van der Waals surface area contributed by atoms with Gasteiger partial charge in [0.25, 0.3) is 5.91 Å². The van der Waals surface area contributed by atoms with E-state index in [0.717, 1.165) is 16.8 Å². The number of nitrogens with zero attached hydrogens (tertiary/aromatic N) is 2. The Morgan fingerprint density at radius 3 is 2.55 bits per heavy atom. The second-order valence-electron chi connectivity index (χ2n) is 6.97. The summed E-state index contributed by atoms with van der Waals surface area (Å²) >= 11 is 0. The van der Waals surface area contributed by atoms with Crippen molar-refractivity contribution in [3.8, 4) is 6.07 Å². The molecule has 0 unspecified atom stereocenters. The lowest BCUT2D eigenvalue weighted by Crippen LogP contribution is -2.23. The fourth-order valence-electron chi connectivity index (χ4n) is 3.17. The van der Waals surface area contributed by atoms with E-state index in [1.807, 2.05) is 19.9 Å². The molecule has 2 heterocycles. The first-order valence-electron chi connectivity index (χ1n) is 9.61. The average molecular weight is 421 g/mol. The lowest BCUT2D eigenvalue weighted by Gasteiger charge is -2.12. The van der Waals surface area contributed by atoms with E-state index in [1.54, 1.807) is 48.3 Å². The summed E-state index contributed by atoms with van der Waals surface area (Å²) in [5, 5.41) is 12.3. The second-order valence-corrected chi connectivity index (χ2v) is 6.97. The van der Waals surface area contributed by atoms with Gasteiger partial charge in [-0.15, -0.1) is 0 Å². The normalized spacial score (nSPS) is 10.5. The van der Waals surface area contributed by atoms with E-state index in [9.17, 15) is 14.9 Å². The van der Waals surface area contributed by atoms with Gasteiger partial charge >= 0.3 is 5.97 Å². The van der Waals surface area contributed by atoms with Gasteiger partial charge in [-0.05, 0) is 49.2 Å². The van der Waals surface area contributed by atoms with Crippen molar-refractivity contribution in [2.75, 3.05) is 19.0 Å². The maximum atomic E-state index is 12.5. The topological polar surface area (TPSA) is 106 Å². The largest absolute Gasteiger partial charge is 0.467 e. The van der Waals surface area contributed by atoms with E-state index in [4.69, 9.17) is 13.9 Å². The monoisotopic (exact) mass is 421 g/mol. The zero-order chi connectivity index (χ0) is 22.4. The Morgan fingerprint density at radius 2 is 1.94 bits per heavy atom. The summed E-state index contributed by atoms with van der Waals surface area (Å²) in [6.07, 6.45) is 1.56. The molecule has 0 saturated heterocycles. The Labute approximate surface area is 180 Å². The number of carbonyl (C=O) groups is 2. The standard InChI is InChI=1S/C23H23N3O5/c1-15-16(2)26(12-19-5-4-10-30-19)22(20(15)11-24)25-21(27)14-31-23(28)18-8-6-17(7-9-18)13-29-3/h4-10H,12-14H2,1-3H3,(H,25,27). The zero-order valence-corrected chi connectivity index (χ0v) is 17.6. The maximum absolute atomic E-state index is 12.5. The number of methoxy groups -OCH3 is 1. The molecule has 1 N–H and O–H groups in total. The highest BCUT2D eigenvalue weighted by molar-refractivity contribution is 5.96. The van der Waals surface area contributed by atoms with Crippen molar-refractivity contribution in [1.29, 1.82) is 5.26 Å². The SMILES string of the molecule is COCc1ccc(C(=O)OCC(=O)Nc2c(C#N)c(C)c(C)n2Cc2ccco2)cc1. The number of benzene rings is 1. The van der Waals surface area contributed by atoms with E-state index in [-0.39, 0.29) is 0 Å². The summed E-state index contributed by atoms with van der Waals surface area (Å²) in [6.45, 7) is 3.99. The number of ether oxygens (including phenoxy) is 2. The summed E-state index contributed by atoms with van der Waals surface area (Å²) in [5.74, 6) is -0.127. The van der Waals surface area contributed by atoms with Crippen molar-refractivity contribution in [3.63, 3.8) is 0 Å². The number of aromatic nitrogens is 1. The number of carbonyl (C=O) groups excluding carboxylic acids is 2. The molecule has 0 saturated carbocycles. The van der Waals surface area contributed by atoms with E-state index < -0.39 is 18.5 Å². The first-order chi connectivity index (χ1) is 14.9. The van der Waals surface area contributed by atoms with E-state index in [0.29, 0.717) is 35.9 Å². The molecule has 0 atom stereocenters. The molecule has 0 radical (unpaired) electrons. The Bertz CT molecular complexity index is 1110. The Balaban J connectivity index is 1.69. The molecule has 0 spiro atoms. The van der Waals surface area contributed by atoms with Crippen LogP contribution in [0.5, 0.6) is 0 Å². The predicted octanol–water partition coefficient (Wildman–Crippen LogP) is 3.56. The van der Waals surface area contributed by atoms with Gasteiger partial charge in [0.1, 0.15) is 17.6 Å². The van der Waals surface area contributed by atoms with Crippen LogP contribution in [0.25, 0.3) is 0 Å². The molecular formula is C23H23N3O5. The molecule has 8 heteroatoms.